The molecular formula is C14H19N. The van der Waals surface area contributed by atoms with Gasteiger partial charge < -0.3 is 0 Å². The number of pyridine rings is 1. The van der Waals surface area contributed by atoms with E-state index in [9.17, 15) is 0 Å². The molecule has 0 bridgehead atoms. The maximum atomic E-state index is 4.09. The van der Waals surface area contributed by atoms with E-state index in [1.54, 1.807) is 0 Å². The Morgan fingerprint density at radius 3 is 2.60 bits per heavy atom. The highest BCUT2D eigenvalue weighted by molar-refractivity contribution is 5.24. The molecule has 1 nitrogen and oxygen atoms in total. The Kier molecular flexibility index (Phi) is 2.90. The first-order valence-electron chi connectivity index (χ1n) is 5.78. The largest absolute Gasteiger partial charge is 0.265 e. The third-order valence-electron chi connectivity index (χ3n) is 3.61. The average Bonchev–Trinajstić information content (AvgIpc) is 2.31. The molecule has 0 aliphatic heterocycles. The number of rotatable bonds is 2. The fourth-order valence-electron chi connectivity index (χ4n) is 2.41. The highest BCUT2D eigenvalue weighted by Crippen LogP contribution is 2.37. The quantitative estimate of drug-likeness (QED) is 0.665. The van der Waals surface area contributed by atoms with Crippen LogP contribution in [0, 0.1) is 5.92 Å². The minimum atomic E-state index is 0.236. The van der Waals surface area contributed by atoms with Gasteiger partial charge in [0, 0.05) is 12.4 Å². The van der Waals surface area contributed by atoms with Crippen molar-refractivity contribution in [1.82, 2.24) is 4.98 Å². The number of hydrogen-bond acceptors (Lipinski definition) is 1. The molecule has 0 fully saturated rings. The van der Waals surface area contributed by atoms with E-state index in [0.717, 1.165) is 0 Å². The van der Waals surface area contributed by atoms with Crippen LogP contribution < -0.4 is 0 Å². The Morgan fingerprint density at radius 1 is 1.27 bits per heavy atom. The van der Waals surface area contributed by atoms with Crippen LogP contribution in [0.5, 0.6) is 0 Å². The summed E-state index contributed by atoms with van der Waals surface area (Å²) in [4.78, 5) is 4.09. The molecule has 0 aromatic carbocycles. The number of allylic oxidation sites excluding steroid dienone is 2. The van der Waals surface area contributed by atoms with Gasteiger partial charge in [-0.1, -0.05) is 26.0 Å². The Balaban J connectivity index is 2.26. The van der Waals surface area contributed by atoms with E-state index in [4.69, 9.17) is 0 Å². The molecule has 1 atom stereocenters. The van der Waals surface area contributed by atoms with E-state index in [-0.39, 0.29) is 5.41 Å². The molecule has 0 amide bonds. The lowest BCUT2D eigenvalue weighted by molar-refractivity contribution is 0.344. The second-order valence-corrected chi connectivity index (χ2v) is 4.92. The van der Waals surface area contributed by atoms with Gasteiger partial charge in [0.25, 0.3) is 0 Å². The molecule has 15 heavy (non-hydrogen) atoms. The van der Waals surface area contributed by atoms with Crippen molar-refractivity contribution in [1.29, 1.82) is 0 Å². The summed E-state index contributed by atoms with van der Waals surface area (Å²) >= 11 is 0. The first kappa shape index (κ1) is 10.4. The van der Waals surface area contributed by atoms with Crippen LogP contribution in [0.3, 0.4) is 0 Å². The molecule has 80 valence electrons. The first-order valence-corrected chi connectivity index (χ1v) is 5.78. The Morgan fingerprint density at radius 2 is 2.00 bits per heavy atom. The summed E-state index contributed by atoms with van der Waals surface area (Å²) in [5, 5.41) is 0. The van der Waals surface area contributed by atoms with Crippen molar-refractivity contribution < 1.29 is 0 Å². The molecule has 1 unspecified atom stereocenters. The molecule has 1 aromatic heterocycles. The minimum Gasteiger partial charge on any atom is -0.265 e. The van der Waals surface area contributed by atoms with E-state index in [0.29, 0.717) is 5.92 Å². The van der Waals surface area contributed by atoms with Gasteiger partial charge in [0.05, 0.1) is 0 Å². The van der Waals surface area contributed by atoms with Gasteiger partial charge >= 0.3 is 0 Å². The van der Waals surface area contributed by atoms with Crippen LogP contribution in [0.25, 0.3) is 0 Å². The summed E-state index contributed by atoms with van der Waals surface area (Å²) in [5.41, 5.74) is 1.63. The fraction of sp³-hybridized carbons (Fsp3) is 0.500. The van der Waals surface area contributed by atoms with Gasteiger partial charge in [0.1, 0.15) is 0 Å². The van der Waals surface area contributed by atoms with E-state index < -0.39 is 0 Å². The molecular weight excluding hydrogens is 182 g/mol. The molecule has 1 aliphatic rings. The molecule has 1 aliphatic carbocycles. The standard InChI is InChI=1S/C14H19N/c1-14(2,12-6-4-3-5-7-12)13-8-10-15-11-9-13/h4,6,8-12H,3,5,7H2,1-2H3. The van der Waals surface area contributed by atoms with Crippen LogP contribution in [0.4, 0.5) is 0 Å². The zero-order chi connectivity index (χ0) is 10.7. The van der Waals surface area contributed by atoms with E-state index in [2.05, 4.69) is 43.1 Å². The molecule has 0 saturated carbocycles. The summed E-state index contributed by atoms with van der Waals surface area (Å²) in [7, 11) is 0. The third kappa shape index (κ3) is 2.11. The zero-order valence-electron chi connectivity index (χ0n) is 9.61. The lowest BCUT2D eigenvalue weighted by Gasteiger charge is -2.34. The second-order valence-electron chi connectivity index (χ2n) is 4.92. The smallest absolute Gasteiger partial charge is 0.0270 e. The summed E-state index contributed by atoms with van der Waals surface area (Å²) in [6, 6.07) is 4.28. The van der Waals surface area contributed by atoms with E-state index in [1.165, 1.54) is 24.8 Å². The summed E-state index contributed by atoms with van der Waals surface area (Å²) in [6.07, 6.45) is 12.4. The van der Waals surface area contributed by atoms with Crippen LogP contribution in [0.2, 0.25) is 0 Å². The van der Waals surface area contributed by atoms with Crippen LogP contribution in [0.1, 0.15) is 38.7 Å². The molecule has 0 radical (unpaired) electrons. The maximum absolute atomic E-state index is 4.09. The van der Waals surface area contributed by atoms with Gasteiger partial charge in [-0.25, -0.2) is 0 Å². The van der Waals surface area contributed by atoms with Crippen molar-refractivity contribution in [2.75, 3.05) is 0 Å². The molecule has 1 heterocycles. The molecule has 1 heteroatoms. The third-order valence-corrected chi connectivity index (χ3v) is 3.61. The normalized spacial score (nSPS) is 21.6. The van der Waals surface area contributed by atoms with Crippen LogP contribution in [-0.2, 0) is 5.41 Å². The van der Waals surface area contributed by atoms with Crippen LogP contribution >= 0.6 is 0 Å². The number of nitrogens with zero attached hydrogens (tertiary/aromatic N) is 1. The van der Waals surface area contributed by atoms with Crippen molar-refractivity contribution in [3.63, 3.8) is 0 Å². The first-order chi connectivity index (χ1) is 7.21. The lowest BCUT2D eigenvalue weighted by atomic mass is 9.70. The van der Waals surface area contributed by atoms with Crippen molar-refractivity contribution in [2.24, 2.45) is 5.92 Å². The summed E-state index contributed by atoms with van der Waals surface area (Å²) < 4.78 is 0. The van der Waals surface area contributed by atoms with Gasteiger partial charge in [-0.3, -0.25) is 4.98 Å². The average molecular weight is 201 g/mol. The van der Waals surface area contributed by atoms with Gasteiger partial charge in [0.15, 0.2) is 0 Å². The predicted octanol–water partition coefficient (Wildman–Crippen LogP) is 3.72. The van der Waals surface area contributed by atoms with E-state index in [1.807, 2.05) is 12.4 Å². The van der Waals surface area contributed by atoms with Crippen molar-refractivity contribution in [2.45, 2.75) is 38.5 Å². The molecule has 1 aromatic rings. The monoisotopic (exact) mass is 201 g/mol. The Labute approximate surface area is 92.2 Å². The van der Waals surface area contributed by atoms with E-state index >= 15 is 0 Å². The molecule has 0 saturated heterocycles. The second kappa shape index (κ2) is 4.18. The van der Waals surface area contributed by atoms with Crippen molar-refractivity contribution >= 4 is 0 Å². The topological polar surface area (TPSA) is 12.9 Å². The van der Waals surface area contributed by atoms with Gasteiger partial charge in [0.2, 0.25) is 0 Å². The van der Waals surface area contributed by atoms with Crippen molar-refractivity contribution in [3.05, 3.63) is 42.2 Å². The number of aromatic nitrogens is 1. The molecule has 2 rings (SSSR count). The zero-order valence-corrected chi connectivity index (χ0v) is 9.61. The lowest BCUT2D eigenvalue weighted by Crippen LogP contribution is -2.28. The maximum Gasteiger partial charge on any atom is 0.0270 e. The van der Waals surface area contributed by atoms with Crippen LogP contribution in [-0.4, -0.2) is 4.98 Å². The predicted molar refractivity (Wildman–Crippen MR) is 63.7 cm³/mol. The number of hydrogen-bond donors (Lipinski definition) is 0. The Hall–Kier alpha value is -1.11. The van der Waals surface area contributed by atoms with Gasteiger partial charge in [-0.05, 0) is 48.3 Å². The molecule has 0 N–H and O–H groups in total. The summed E-state index contributed by atoms with van der Waals surface area (Å²) in [6.45, 7) is 4.67. The SMILES string of the molecule is CC(C)(c1ccncc1)C1C=CCCC1. The fourth-order valence-corrected chi connectivity index (χ4v) is 2.41. The highest BCUT2D eigenvalue weighted by Gasteiger charge is 2.29. The van der Waals surface area contributed by atoms with Crippen LogP contribution in [0.15, 0.2) is 36.7 Å². The Bertz CT molecular complexity index is 338. The minimum absolute atomic E-state index is 0.236. The summed E-state index contributed by atoms with van der Waals surface area (Å²) in [5.74, 6) is 0.675. The van der Waals surface area contributed by atoms with Gasteiger partial charge in [-0.15, -0.1) is 0 Å². The van der Waals surface area contributed by atoms with Gasteiger partial charge in [-0.2, -0.15) is 0 Å². The molecule has 0 spiro atoms. The van der Waals surface area contributed by atoms with Crippen molar-refractivity contribution in [3.8, 4) is 0 Å². The highest BCUT2D eigenvalue weighted by atomic mass is 14.6.